The fraction of sp³-hybridized carbons (Fsp3) is 0.588. The molecule has 21 heavy (non-hydrogen) atoms. The number of rotatable bonds is 5. The number of carbonyl (C=O) groups is 1. The van der Waals surface area contributed by atoms with E-state index in [4.69, 9.17) is 5.73 Å². The Balaban J connectivity index is 1.98. The molecule has 1 fully saturated rings. The maximum absolute atomic E-state index is 12.5. The molecule has 0 aliphatic carbocycles. The van der Waals surface area contributed by atoms with Gasteiger partial charge in [-0.3, -0.25) is 9.69 Å². The van der Waals surface area contributed by atoms with Gasteiger partial charge in [0, 0.05) is 17.4 Å². The molecule has 1 heterocycles. The Kier molecular flexibility index (Phi) is 5.62. The lowest BCUT2D eigenvalue weighted by Crippen LogP contribution is -2.50. The molecule has 0 bridgehead atoms. The number of nitrogens with two attached hydrogens (primary N) is 1. The van der Waals surface area contributed by atoms with Crippen molar-refractivity contribution in [3.63, 3.8) is 0 Å². The van der Waals surface area contributed by atoms with E-state index in [9.17, 15) is 4.79 Å². The lowest BCUT2D eigenvalue weighted by atomic mass is 9.96. The van der Waals surface area contributed by atoms with Crippen molar-refractivity contribution in [3.8, 4) is 0 Å². The van der Waals surface area contributed by atoms with Gasteiger partial charge in [-0.25, -0.2) is 0 Å². The van der Waals surface area contributed by atoms with Crippen molar-refractivity contribution in [2.45, 2.75) is 58.0 Å². The van der Waals surface area contributed by atoms with Crippen LogP contribution in [0, 0.1) is 0 Å². The third kappa shape index (κ3) is 4.21. The molecule has 4 heteroatoms. The molecule has 2 atom stereocenters. The second-order valence-electron chi connectivity index (χ2n) is 5.96. The Bertz CT molecular complexity index is 456. The molecule has 0 radical (unpaired) electrons. The summed E-state index contributed by atoms with van der Waals surface area (Å²) in [6, 6.07) is 7.77. The maximum Gasteiger partial charge on any atom is 0.241 e. The Hall–Kier alpha value is -1.55. The Morgan fingerprint density at radius 2 is 2.10 bits per heavy atom. The zero-order valence-electron chi connectivity index (χ0n) is 13.1. The van der Waals surface area contributed by atoms with Crippen molar-refractivity contribution in [1.82, 2.24) is 4.90 Å². The molecule has 0 spiro atoms. The standard InChI is InChI=1S/C17H27N3O/c1-3-6-16-7-4-5-12-20(16)13(2)17(21)19-15-10-8-14(18)9-11-15/h8-11,13,16H,3-7,12,18H2,1-2H3,(H,19,21). The zero-order chi connectivity index (χ0) is 15.2. The number of nitrogen functional groups attached to an aromatic ring is 1. The number of hydrogen-bond donors (Lipinski definition) is 2. The summed E-state index contributed by atoms with van der Waals surface area (Å²) in [7, 11) is 0. The van der Waals surface area contributed by atoms with Crippen LogP contribution in [-0.4, -0.2) is 29.4 Å². The van der Waals surface area contributed by atoms with Crippen LogP contribution in [0.25, 0.3) is 0 Å². The SMILES string of the molecule is CCCC1CCCCN1C(C)C(=O)Nc1ccc(N)cc1. The second-order valence-corrected chi connectivity index (χ2v) is 5.96. The summed E-state index contributed by atoms with van der Waals surface area (Å²) < 4.78 is 0. The first-order valence-electron chi connectivity index (χ1n) is 8.04. The average molecular weight is 289 g/mol. The minimum Gasteiger partial charge on any atom is -0.399 e. The molecular weight excluding hydrogens is 262 g/mol. The van der Waals surface area contributed by atoms with E-state index in [0.29, 0.717) is 11.7 Å². The van der Waals surface area contributed by atoms with Crippen LogP contribution in [0.4, 0.5) is 11.4 Å². The van der Waals surface area contributed by atoms with Gasteiger partial charge in [0.05, 0.1) is 6.04 Å². The third-order valence-electron chi connectivity index (χ3n) is 4.35. The molecule has 1 aliphatic rings. The topological polar surface area (TPSA) is 58.4 Å². The van der Waals surface area contributed by atoms with Crippen molar-refractivity contribution in [2.75, 3.05) is 17.6 Å². The predicted molar refractivity (Wildman–Crippen MR) is 88.2 cm³/mol. The number of nitrogens with one attached hydrogen (secondary N) is 1. The lowest BCUT2D eigenvalue weighted by Gasteiger charge is -2.39. The quantitative estimate of drug-likeness (QED) is 0.818. The summed E-state index contributed by atoms with van der Waals surface area (Å²) in [4.78, 5) is 14.8. The summed E-state index contributed by atoms with van der Waals surface area (Å²) in [5.74, 6) is 0.0720. The van der Waals surface area contributed by atoms with Gasteiger partial charge in [0.25, 0.3) is 0 Å². The van der Waals surface area contributed by atoms with Gasteiger partial charge in [-0.1, -0.05) is 19.8 Å². The highest BCUT2D eigenvalue weighted by molar-refractivity contribution is 5.94. The molecule has 116 valence electrons. The van der Waals surface area contributed by atoms with Gasteiger partial charge < -0.3 is 11.1 Å². The summed E-state index contributed by atoms with van der Waals surface area (Å²) in [6.07, 6.45) is 6.05. The number of anilines is 2. The molecule has 1 amide bonds. The van der Waals surface area contributed by atoms with E-state index in [2.05, 4.69) is 17.1 Å². The van der Waals surface area contributed by atoms with Crippen LogP contribution in [-0.2, 0) is 4.79 Å². The number of piperidine rings is 1. The molecule has 2 unspecified atom stereocenters. The first-order valence-corrected chi connectivity index (χ1v) is 8.04. The van der Waals surface area contributed by atoms with Crippen LogP contribution in [0.2, 0.25) is 0 Å². The summed E-state index contributed by atoms with van der Waals surface area (Å²) in [5.41, 5.74) is 7.18. The molecule has 3 N–H and O–H groups in total. The van der Waals surface area contributed by atoms with Gasteiger partial charge in [-0.2, -0.15) is 0 Å². The minimum absolute atomic E-state index is 0.0720. The van der Waals surface area contributed by atoms with Crippen molar-refractivity contribution < 1.29 is 4.79 Å². The Morgan fingerprint density at radius 3 is 2.76 bits per heavy atom. The third-order valence-corrected chi connectivity index (χ3v) is 4.35. The van der Waals surface area contributed by atoms with E-state index in [1.54, 1.807) is 12.1 Å². The second kappa shape index (κ2) is 7.46. The van der Waals surface area contributed by atoms with Gasteiger partial charge in [-0.05, 0) is 57.0 Å². The molecule has 1 aliphatic heterocycles. The molecule has 0 saturated carbocycles. The van der Waals surface area contributed by atoms with Crippen molar-refractivity contribution >= 4 is 17.3 Å². The van der Waals surface area contributed by atoms with Crippen LogP contribution in [0.15, 0.2) is 24.3 Å². The predicted octanol–water partition coefficient (Wildman–Crippen LogP) is 3.25. The Morgan fingerprint density at radius 1 is 1.38 bits per heavy atom. The van der Waals surface area contributed by atoms with Crippen LogP contribution in [0.1, 0.15) is 46.0 Å². The van der Waals surface area contributed by atoms with Gasteiger partial charge in [-0.15, -0.1) is 0 Å². The van der Waals surface area contributed by atoms with Gasteiger partial charge in [0.1, 0.15) is 0 Å². The van der Waals surface area contributed by atoms with Crippen LogP contribution >= 0.6 is 0 Å². The van der Waals surface area contributed by atoms with E-state index in [-0.39, 0.29) is 11.9 Å². The maximum atomic E-state index is 12.5. The zero-order valence-corrected chi connectivity index (χ0v) is 13.1. The summed E-state index contributed by atoms with van der Waals surface area (Å²) >= 11 is 0. The van der Waals surface area contributed by atoms with Crippen LogP contribution in [0.5, 0.6) is 0 Å². The van der Waals surface area contributed by atoms with E-state index >= 15 is 0 Å². The number of amides is 1. The van der Waals surface area contributed by atoms with E-state index < -0.39 is 0 Å². The number of benzene rings is 1. The average Bonchev–Trinajstić information content (AvgIpc) is 2.50. The highest BCUT2D eigenvalue weighted by Gasteiger charge is 2.29. The van der Waals surface area contributed by atoms with Gasteiger partial charge in [0.15, 0.2) is 0 Å². The number of carbonyl (C=O) groups excluding carboxylic acids is 1. The highest BCUT2D eigenvalue weighted by Crippen LogP contribution is 2.23. The lowest BCUT2D eigenvalue weighted by molar-refractivity contribution is -0.122. The smallest absolute Gasteiger partial charge is 0.241 e. The summed E-state index contributed by atoms with van der Waals surface area (Å²) in [5, 5.41) is 2.99. The number of nitrogens with zero attached hydrogens (tertiary/aromatic N) is 1. The van der Waals surface area contributed by atoms with Crippen molar-refractivity contribution in [2.24, 2.45) is 0 Å². The van der Waals surface area contributed by atoms with E-state index in [0.717, 1.165) is 12.2 Å². The highest BCUT2D eigenvalue weighted by atomic mass is 16.2. The molecule has 4 nitrogen and oxygen atoms in total. The first kappa shape index (κ1) is 15.8. The Labute approximate surface area is 127 Å². The van der Waals surface area contributed by atoms with E-state index in [1.165, 1.54) is 32.1 Å². The number of likely N-dealkylation sites (tertiary alicyclic amines) is 1. The largest absolute Gasteiger partial charge is 0.399 e. The van der Waals surface area contributed by atoms with Gasteiger partial charge >= 0.3 is 0 Å². The van der Waals surface area contributed by atoms with E-state index in [1.807, 2.05) is 19.1 Å². The fourth-order valence-corrected chi connectivity index (χ4v) is 3.14. The molecule has 1 saturated heterocycles. The first-order chi connectivity index (χ1) is 10.1. The fourth-order valence-electron chi connectivity index (χ4n) is 3.14. The van der Waals surface area contributed by atoms with Crippen LogP contribution in [0.3, 0.4) is 0 Å². The molecule has 0 aromatic heterocycles. The molecular formula is C17H27N3O. The van der Waals surface area contributed by atoms with Crippen LogP contribution < -0.4 is 11.1 Å². The van der Waals surface area contributed by atoms with Crippen molar-refractivity contribution in [3.05, 3.63) is 24.3 Å². The normalized spacial score (nSPS) is 21.0. The molecule has 1 aromatic rings. The number of hydrogen-bond acceptors (Lipinski definition) is 3. The summed E-state index contributed by atoms with van der Waals surface area (Å²) in [6.45, 7) is 5.26. The van der Waals surface area contributed by atoms with Crippen molar-refractivity contribution in [1.29, 1.82) is 0 Å². The van der Waals surface area contributed by atoms with Gasteiger partial charge in [0.2, 0.25) is 5.91 Å². The minimum atomic E-state index is -0.0839. The molecule has 2 rings (SSSR count). The molecule has 1 aromatic carbocycles. The monoisotopic (exact) mass is 289 g/mol.